The molecule has 3 aromatic carbocycles. The summed E-state index contributed by atoms with van der Waals surface area (Å²) < 4.78 is 27.1. The molecule has 0 saturated heterocycles. The normalized spacial score (nSPS) is 13.2. The zero-order valence-electron chi connectivity index (χ0n) is 50.1. The monoisotopic (exact) mass is 1280 g/mol. The van der Waals surface area contributed by atoms with Gasteiger partial charge < -0.3 is 90.1 Å². The van der Waals surface area contributed by atoms with E-state index in [1.165, 1.54) is 11.8 Å². The van der Waals surface area contributed by atoms with Gasteiger partial charge in [0.2, 0.25) is 24.1 Å². The molecule has 0 spiro atoms. The Bertz CT molecular complexity index is 2660. The maximum atomic E-state index is 13.3. The molecule has 1 heterocycles. The molecule has 0 fully saturated rings. The van der Waals surface area contributed by atoms with Crippen LogP contribution in [-0.2, 0) is 81.9 Å². The molecule has 0 bridgehead atoms. The van der Waals surface area contributed by atoms with Crippen molar-refractivity contribution < 1.29 is 81.8 Å². The van der Waals surface area contributed by atoms with Gasteiger partial charge in [0.15, 0.2) is 0 Å². The van der Waals surface area contributed by atoms with Gasteiger partial charge in [0.1, 0.15) is 12.3 Å². The first-order chi connectivity index (χ1) is 41.8. The molecule has 1 aliphatic heterocycles. The molecule has 0 aliphatic carbocycles. The van der Waals surface area contributed by atoms with Crippen molar-refractivity contribution in [3.63, 3.8) is 0 Å². The van der Waals surface area contributed by atoms with E-state index in [1.807, 2.05) is 69.3 Å². The second-order valence-corrected chi connectivity index (χ2v) is 22.9. The summed E-state index contributed by atoms with van der Waals surface area (Å²) in [4.78, 5) is 114. The van der Waals surface area contributed by atoms with Crippen molar-refractivity contribution >= 4 is 101 Å². The van der Waals surface area contributed by atoms with Crippen LogP contribution in [0.2, 0.25) is 0 Å². The van der Waals surface area contributed by atoms with Crippen LogP contribution in [0, 0.1) is 0 Å². The lowest BCUT2D eigenvalue weighted by atomic mass is 9.95. The minimum absolute atomic E-state index is 0.0222. The maximum absolute atomic E-state index is 13.3. The summed E-state index contributed by atoms with van der Waals surface area (Å²) in [5, 5.41) is 29.0. The summed E-state index contributed by atoms with van der Waals surface area (Å²) in [6.45, 7) is 7.01. The Morgan fingerprint density at radius 2 is 1.40 bits per heavy atom. The van der Waals surface area contributed by atoms with E-state index in [4.69, 9.17) is 55.0 Å². The van der Waals surface area contributed by atoms with E-state index in [0.717, 1.165) is 60.8 Å². The molecule has 1 aliphatic rings. The quantitative estimate of drug-likeness (QED) is 0.0120. The number of benzene rings is 3. The van der Waals surface area contributed by atoms with Crippen LogP contribution >= 0.6 is 18.5 Å². The summed E-state index contributed by atoms with van der Waals surface area (Å²) >= 11 is 5.89. The number of anilines is 2. The third-order valence-electron chi connectivity index (χ3n) is 12.4. The molecule has 2 atom stereocenters. The third-order valence-corrected chi connectivity index (χ3v) is 14.5. The number of unbranched alkanes of at least 4 members (excludes halogenated alkanes) is 3. The molecule has 4 rings (SSSR count). The standard InChI is InChI=1S/C42H54N8O12.C14H28NO5PS2.C2H6/c43-39-33-7-3-4-8-35(33)49(37(53)13-15-45-28-51)27-30-5-1-2-6-32(30)40(39)50(44)16-18-60-20-22-62-24-23-61-21-19-59-17-14-36(52)46-26-29-9-11-31(12-10-29)47-42(58)48-34(41(56)57)25-38(54)55;1-3-9-15(2)14(17)13(8-10-16)23-12-7-5-4-6-11-20-21(18,19)22;1-2/h1-12,28,34H,13-27,43-44H2,(H,45,51)(H,46,52)(H,54,55)(H,56,57)(H2,47,48,58);10,13H,3-9,11-12H2,1-2H3,(H2,18,19,22);1-2H3/b40-39-;;. The third kappa shape index (κ3) is 31.8. The summed E-state index contributed by atoms with van der Waals surface area (Å²) in [7, 11) is 1.77. The highest BCUT2D eigenvalue weighted by Gasteiger charge is 2.28. The molecule has 12 N–H and O–H groups in total. The van der Waals surface area contributed by atoms with Crippen LogP contribution in [-0.4, -0.2) is 181 Å². The Kier molecular flexibility index (Phi) is 39.4. The number of nitrogens with one attached hydrogen (secondary N) is 4. The number of carboxylic acids is 2. The first-order valence-corrected chi connectivity index (χ1v) is 32.3. The van der Waals surface area contributed by atoms with Gasteiger partial charge in [0, 0.05) is 62.8 Å². The van der Waals surface area contributed by atoms with Gasteiger partial charge in [-0.05, 0) is 66.1 Å². The van der Waals surface area contributed by atoms with Crippen molar-refractivity contribution in [3.05, 3.63) is 95.1 Å². The number of ether oxygens (including phenoxy) is 4. The number of thioether (sulfide) groups is 1. The molecule has 0 aromatic heterocycles. The maximum Gasteiger partial charge on any atom is 0.326 e. The van der Waals surface area contributed by atoms with Crippen molar-refractivity contribution in [1.29, 1.82) is 0 Å². The molecule has 484 valence electrons. The molecular weight excluding hydrogens is 1190 g/mol. The lowest BCUT2D eigenvalue weighted by molar-refractivity contribution is -0.145. The van der Waals surface area contributed by atoms with Crippen LogP contribution in [0.15, 0.2) is 72.8 Å². The van der Waals surface area contributed by atoms with Crippen LogP contribution < -0.4 is 37.7 Å². The van der Waals surface area contributed by atoms with Crippen LogP contribution in [0.3, 0.4) is 0 Å². The fourth-order valence-corrected chi connectivity index (χ4v) is 9.92. The molecule has 87 heavy (non-hydrogen) atoms. The van der Waals surface area contributed by atoms with Gasteiger partial charge in [-0.15, -0.1) is 11.8 Å². The number of hydrazine groups is 1. The van der Waals surface area contributed by atoms with Crippen molar-refractivity contribution in [2.24, 2.45) is 11.6 Å². The largest absolute Gasteiger partial charge is 0.481 e. The number of aldehydes is 1. The van der Waals surface area contributed by atoms with Gasteiger partial charge in [0.25, 0.3) is 0 Å². The van der Waals surface area contributed by atoms with Crippen molar-refractivity contribution in [2.45, 2.75) is 103 Å². The van der Waals surface area contributed by atoms with Gasteiger partial charge >= 0.3 is 24.7 Å². The molecule has 2 unspecified atom stereocenters. The van der Waals surface area contributed by atoms with Gasteiger partial charge in [-0.1, -0.05) is 88.2 Å². The predicted octanol–water partition coefficient (Wildman–Crippen LogP) is 4.81. The first-order valence-electron chi connectivity index (χ1n) is 28.7. The fraction of sp³-hybridized carbons (Fsp3) is 0.517. The Morgan fingerprint density at radius 1 is 0.793 bits per heavy atom. The Balaban J connectivity index is 0.000000867. The van der Waals surface area contributed by atoms with E-state index in [2.05, 4.69) is 33.1 Å². The van der Waals surface area contributed by atoms with Crippen LogP contribution in [0.4, 0.5) is 16.2 Å². The smallest absolute Gasteiger partial charge is 0.326 e. The Hall–Kier alpha value is -6.56. The van der Waals surface area contributed by atoms with E-state index in [9.17, 15) is 38.4 Å². The van der Waals surface area contributed by atoms with E-state index >= 15 is 0 Å². The van der Waals surface area contributed by atoms with Crippen molar-refractivity contribution in [3.8, 4) is 0 Å². The molecular formula is C58H88N9O17PS2. The number of rotatable bonds is 41. The highest BCUT2D eigenvalue weighted by atomic mass is 32.5. The number of urea groups is 1. The molecule has 0 saturated carbocycles. The highest BCUT2D eigenvalue weighted by molar-refractivity contribution is 8.06. The van der Waals surface area contributed by atoms with Crippen molar-refractivity contribution in [2.75, 3.05) is 102 Å². The molecule has 0 radical (unpaired) electrons. The van der Waals surface area contributed by atoms with Crippen LogP contribution in [0.25, 0.3) is 11.4 Å². The number of nitrogens with two attached hydrogens (primary N) is 2. The number of hydrogen-bond donors (Lipinski definition) is 10. The van der Waals surface area contributed by atoms with Crippen LogP contribution in [0.5, 0.6) is 0 Å². The number of aliphatic carboxylic acids is 2. The SMILES string of the molecule is CC.CCCN(C)C(=O)C(CC=O)SCCCCCCOP(O)(O)=S.N/C1=C(\N(N)CCOCCOCCOCCOCCC(=O)NCc2ccc(NC(=O)NC(CC(=O)O)C(=O)O)cc2)c2ccccc2CN(C(=O)CCNC=O)c2ccccc21. The highest BCUT2D eigenvalue weighted by Crippen LogP contribution is 2.37. The summed E-state index contributed by atoms with van der Waals surface area (Å²) in [5.74, 6) is 4.25. The number of fused-ring (bicyclic) bond motifs is 2. The van der Waals surface area contributed by atoms with Gasteiger partial charge in [-0.25, -0.2) is 15.4 Å². The molecule has 26 nitrogen and oxygen atoms in total. The summed E-state index contributed by atoms with van der Waals surface area (Å²) in [6, 6.07) is 19.0. The minimum atomic E-state index is -3.52. The second kappa shape index (κ2) is 44.8. The Labute approximate surface area is 518 Å². The zero-order valence-corrected chi connectivity index (χ0v) is 52.6. The fourth-order valence-electron chi connectivity index (χ4n) is 8.14. The Morgan fingerprint density at radius 3 is 2.01 bits per heavy atom. The molecule has 6 amide bonds. The number of amides is 6. The summed E-state index contributed by atoms with van der Waals surface area (Å²) in [5.41, 5.74) is 11.9. The van der Waals surface area contributed by atoms with Gasteiger partial charge in [-0.2, -0.15) is 0 Å². The van der Waals surface area contributed by atoms with E-state index < -0.39 is 37.2 Å². The first kappa shape index (κ1) is 76.5. The number of carbonyl (C=O) groups excluding carboxylic acids is 6. The average molecular weight is 1280 g/mol. The minimum Gasteiger partial charge on any atom is -0.481 e. The van der Waals surface area contributed by atoms with E-state index in [1.54, 1.807) is 46.1 Å². The average Bonchev–Trinajstić information content (AvgIpc) is 1.11. The van der Waals surface area contributed by atoms with Gasteiger partial charge in [0.05, 0.1) is 101 Å². The lowest BCUT2D eigenvalue weighted by Gasteiger charge is -2.33. The number of nitrogens with zero attached hydrogens (tertiary/aromatic N) is 3. The molecule has 3 aromatic rings. The predicted molar refractivity (Wildman–Crippen MR) is 336 cm³/mol. The number of hydrogen-bond acceptors (Lipinski definition) is 18. The van der Waals surface area contributed by atoms with E-state index in [-0.39, 0.29) is 75.1 Å². The number of carboxylic acid groups (broad SMARTS) is 2. The zero-order chi connectivity index (χ0) is 64.4. The summed E-state index contributed by atoms with van der Waals surface area (Å²) in [6.07, 6.45) is 5.56. The second-order valence-electron chi connectivity index (χ2n) is 19.0. The number of para-hydroxylation sites is 1. The van der Waals surface area contributed by atoms with Gasteiger partial charge in [-0.3, -0.25) is 24.0 Å². The number of carbonyl (C=O) groups is 8. The van der Waals surface area contributed by atoms with Crippen LogP contribution in [0.1, 0.15) is 101 Å². The molecule has 29 heteroatoms. The van der Waals surface area contributed by atoms with Crippen molar-refractivity contribution in [1.82, 2.24) is 25.9 Å². The van der Waals surface area contributed by atoms with E-state index in [0.29, 0.717) is 94.1 Å². The lowest BCUT2D eigenvalue weighted by Crippen LogP contribution is -2.44. The topological polar surface area (TPSA) is 374 Å².